The summed E-state index contributed by atoms with van der Waals surface area (Å²) in [6.45, 7) is 3.46. The predicted molar refractivity (Wildman–Crippen MR) is 90.8 cm³/mol. The highest BCUT2D eigenvalue weighted by atomic mass is 16.6. The lowest BCUT2D eigenvalue weighted by Gasteiger charge is -2.26. The number of hydrogen-bond donors (Lipinski definition) is 2. The van der Waals surface area contributed by atoms with Gasteiger partial charge in [0, 0.05) is 5.56 Å². The third-order valence-electron chi connectivity index (χ3n) is 3.78. The molecule has 0 amide bonds. The first-order valence-corrected chi connectivity index (χ1v) is 7.74. The molecule has 0 saturated heterocycles. The van der Waals surface area contributed by atoms with Gasteiger partial charge in [-0.3, -0.25) is 0 Å². The van der Waals surface area contributed by atoms with Crippen molar-refractivity contribution in [3.05, 3.63) is 65.2 Å². The van der Waals surface area contributed by atoms with E-state index in [0.717, 1.165) is 11.1 Å². The van der Waals surface area contributed by atoms with E-state index < -0.39 is 17.5 Å². The van der Waals surface area contributed by atoms with E-state index in [4.69, 9.17) is 9.47 Å². The summed E-state index contributed by atoms with van der Waals surface area (Å²) in [5, 5.41) is 19.1. The highest BCUT2D eigenvalue weighted by Gasteiger charge is 2.50. The summed E-state index contributed by atoms with van der Waals surface area (Å²) < 4.78 is 10.9. The lowest BCUT2D eigenvalue weighted by atomic mass is 9.92. The highest BCUT2D eigenvalue weighted by molar-refractivity contribution is 6.02. The second kappa shape index (κ2) is 7.81. The van der Waals surface area contributed by atoms with E-state index in [1.807, 2.05) is 25.1 Å². The van der Waals surface area contributed by atoms with Gasteiger partial charge in [-0.1, -0.05) is 48.0 Å². The molecule has 0 aliphatic rings. The molecule has 2 N–H and O–H groups in total. The van der Waals surface area contributed by atoms with Crippen molar-refractivity contribution >= 4 is 11.9 Å². The zero-order valence-electron chi connectivity index (χ0n) is 14.1. The molecule has 0 aromatic heterocycles. The Morgan fingerprint density at radius 2 is 1.64 bits per heavy atom. The SMILES string of the molecule is Cc1cccc(C(OCCOc2ccccc2C)(C(=O)O)C(=O)O)c1. The van der Waals surface area contributed by atoms with Gasteiger partial charge in [-0.05, 0) is 25.5 Å². The van der Waals surface area contributed by atoms with Crippen LogP contribution in [-0.4, -0.2) is 35.4 Å². The molecule has 0 atom stereocenters. The number of aliphatic carboxylic acids is 2. The number of aryl methyl sites for hydroxylation is 2. The number of rotatable bonds is 8. The molecular weight excluding hydrogens is 324 g/mol. The summed E-state index contributed by atoms with van der Waals surface area (Å²) in [7, 11) is 0. The third-order valence-corrected chi connectivity index (χ3v) is 3.78. The van der Waals surface area contributed by atoms with E-state index in [1.165, 1.54) is 12.1 Å². The number of carbonyl (C=O) groups is 2. The number of benzene rings is 2. The Kier molecular flexibility index (Phi) is 5.77. The molecule has 0 bridgehead atoms. The first-order valence-electron chi connectivity index (χ1n) is 7.74. The molecule has 2 aromatic rings. The fourth-order valence-electron chi connectivity index (χ4n) is 2.47. The summed E-state index contributed by atoms with van der Waals surface area (Å²) >= 11 is 0. The van der Waals surface area contributed by atoms with Crippen molar-refractivity contribution in [3.8, 4) is 5.75 Å². The number of ether oxygens (including phenoxy) is 2. The Hall–Kier alpha value is -2.86. The van der Waals surface area contributed by atoms with Crippen LogP contribution in [-0.2, 0) is 19.9 Å². The molecule has 2 rings (SSSR count). The zero-order chi connectivity index (χ0) is 18.4. The molecule has 0 saturated carbocycles. The van der Waals surface area contributed by atoms with Crippen LogP contribution < -0.4 is 4.74 Å². The smallest absolute Gasteiger partial charge is 0.352 e. The topological polar surface area (TPSA) is 93.1 Å². The van der Waals surface area contributed by atoms with Gasteiger partial charge in [0.05, 0.1) is 6.61 Å². The van der Waals surface area contributed by atoms with Crippen LogP contribution in [0.2, 0.25) is 0 Å². The molecular formula is C19H20O6. The number of carboxylic acids is 2. The minimum atomic E-state index is -2.47. The van der Waals surface area contributed by atoms with Crippen LogP contribution in [0.3, 0.4) is 0 Å². The summed E-state index contributed by atoms with van der Waals surface area (Å²) in [5.41, 5.74) is -0.752. The van der Waals surface area contributed by atoms with Crippen molar-refractivity contribution in [2.75, 3.05) is 13.2 Å². The number of para-hydroxylation sites is 1. The van der Waals surface area contributed by atoms with Gasteiger partial charge in [0.2, 0.25) is 0 Å². The zero-order valence-corrected chi connectivity index (χ0v) is 14.1. The summed E-state index contributed by atoms with van der Waals surface area (Å²) in [6, 6.07) is 13.6. The molecule has 0 radical (unpaired) electrons. The maximum atomic E-state index is 11.7. The van der Waals surface area contributed by atoms with E-state index in [-0.39, 0.29) is 18.8 Å². The Morgan fingerprint density at radius 3 is 2.24 bits per heavy atom. The maximum absolute atomic E-state index is 11.7. The molecule has 6 heteroatoms. The van der Waals surface area contributed by atoms with Gasteiger partial charge in [-0.2, -0.15) is 0 Å². The van der Waals surface area contributed by atoms with Crippen LogP contribution in [0.5, 0.6) is 5.75 Å². The molecule has 0 aliphatic heterocycles. The Morgan fingerprint density at radius 1 is 0.960 bits per heavy atom. The van der Waals surface area contributed by atoms with Gasteiger partial charge in [0.15, 0.2) is 0 Å². The third kappa shape index (κ3) is 3.97. The monoisotopic (exact) mass is 344 g/mol. The molecule has 0 spiro atoms. The van der Waals surface area contributed by atoms with Gasteiger partial charge in [0.25, 0.3) is 5.60 Å². The maximum Gasteiger partial charge on any atom is 0.352 e. The lowest BCUT2D eigenvalue weighted by molar-refractivity contribution is -0.186. The predicted octanol–water partition coefficient (Wildman–Crippen LogP) is 2.76. The van der Waals surface area contributed by atoms with E-state index in [9.17, 15) is 19.8 Å². The quantitative estimate of drug-likeness (QED) is 0.565. The lowest BCUT2D eigenvalue weighted by Crippen LogP contribution is -2.47. The molecule has 0 unspecified atom stereocenters. The second-order valence-corrected chi connectivity index (χ2v) is 5.62. The normalized spacial score (nSPS) is 11.1. The van der Waals surface area contributed by atoms with Gasteiger partial charge >= 0.3 is 11.9 Å². The van der Waals surface area contributed by atoms with Crippen molar-refractivity contribution in [1.82, 2.24) is 0 Å². The largest absolute Gasteiger partial charge is 0.491 e. The molecule has 0 heterocycles. The molecule has 2 aromatic carbocycles. The molecule has 132 valence electrons. The van der Waals surface area contributed by atoms with E-state index in [1.54, 1.807) is 25.1 Å². The Labute approximate surface area is 145 Å². The van der Waals surface area contributed by atoms with Crippen LogP contribution >= 0.6 is 0 Å². The van der Waals surface area contributed by atoms with Crippen molar-refractivity contribution < 1.29 is 29.3 Å². The Bertz CT molecular complexity index is 754. The van der Waals surface area contributed by atoms with Crippen molar-refractivity contribution in [2.24, 2.45) is 0 Å². The first-order chi connectivity index (χ1) is 11.9. The summed E-state index contributed by atoms with van der Waals surface area (Å²) in [4.78, 5) is 23.5. The van der Waals surface area contributed by atoms with Crippen molar-refractivity contribution in [1.29, 1.82) is 0 Å². The average molecular weight is 344 g/mol. The fourth-order valence-corrected chi connectivity index (χ4v) is 2.47. The summed E-state index contributed by atoms with van der Waals surface area (Å²) in [5.74, 6) is -2.53. The van der Waals surface area contributed by atoms with E-state index in [0.29, 0.717) is 5.75 Å². The molecule has 6 nitrogen and oxygen atoms in total. The van der Waals surface area contributed by atoms with Crippen molar-refractivity contribution in [2.45, 2.75) is 19.4 Å². The summed E-state index contributed by atoms with van der Waals surface area (Å²) in [6.07, 6.45) is 0. The van der Waals surface area contributed by atoms with Crippen LogP contribution in [0.25, 0.3) is 0 Å². The molecule has 0 fully saturated rings. The second-order valence-electron chi connectivity index (χ2n) is 5.62. The molecule has 0 aliphatic carbocycles. The average Bonchev–Trinajstić information content (AvgIpc) is 2.56. The van der Waals surface area contributed by atoms with Gasteiger partial charge in [-0.25, -0.2) is 9.59 Å². The number of hydrogen-bond acceptors (Lipinski definition) is 4. The van der Waals surface area contributed by atoms with Crippen LogP contribution in [0, 0.1) is 13.8 Å². The highest BCUT2D eigenvalue weighted by Crippen LogP contribution is 2.28. The minimum absolute atomic E-state index is 0.0268. The van der Waals surface area contributed by atoms with Gasteiger partial charge in [-0.15, -0.1) is 0 Å². The fraction of sp³-hybridized carbons (Fsp3) is 0.263. The van der Waals surface area contributed by atoms with Crippen LogP contribution in [0.4, 0.5) is 0 Å². The first kappa shape index (κ1) is 18.5. The van der Waals surface area contributed by atoms with Crippen molar-refractivity contribution in [3.63, 3.8) is 0 Å². The van der Waals surface area contributed by atoms with E-state index >= 15 is 0 Å². The van der Waals surface area contributed by atoms with E-state index in [2.05, 4.69) is 0 Å². The Balaban J connectivity index is 2.16. The van der Waals surface area contributed by atoms with Crippen LogP contribution in [0.1, 0.15) is 16.7 Å². The molecule has 25 heavy (non-hydrogen) atoms. The van der Waals surface area contributed by atoms with Gasteiger partial charge < -0.3 is 19.7 Å². The minimum Gasteiger partial charge on any atom is -0.491 e. The van der Waals surface area contributed by atoms with Gasteiger partial charge in [0.1, 0.15) is 12.4 Å². The number of carboxylic acid groups (broad SMARTS) is 2. The standard InChI is InChI=1S/C19H20O6/c1-13-6-5-8-15(12-13)19(17(20)21,18(22)23)25-11-10-24-16-9-4-3-7-14(16)2/h3-9,12H,10-11H2,1-2H3,(H,20,21)(H,22,23). The van der Waals surface area contributed by atoms with Crippen LogP contribution in [0.15, 0.2) is 48.5 Å².